The third-order valence-corrected chi connectivity index (χ3v) is 5.94. The second kappa shape index (κ2) is 9.71. The first kappa shape index (κ1) is 21.1. The number of hydrogen-bond acceptors (Lipinski definition) is 4. The standard InChI is InChI=1S/C22H27N3O3S/c1-18-12-15-25(17-18)21-9-7-20(8-10-21)24-22(26)11-14-23-29(27,28)16-13-19-5-3-2-4-6-19/h2-10,13,16,18,23H,11-12,14-15,17H2,1H3,(H,24,26)/b16-13+. The number of nitrogens with zero attached hydrogens (tertiary/aromatic N) is 1. The first-order valence-electron chi connectivity index (χ1n) is 9.79. The number of nitrogens with one attached hydrogen (secondary N) is 2. The van der Waals surface area contributed by atoms with E-state index in [4.69, 9.17) is 0 Å². The monoisotopic (exact) mass is 413 g/mol. The molecule has 1 atom stereocenters. The molecule has 2 aromatic carbocycles. The van der Waals surface area contributed by atoms with Gasteiger partial charge in [-0.05, 0) is 48.2 Å². The summed E-state index contributed by atoms with van der Waals surface area (Å²) in [5.74, 6) is 0.475. The number of carbonyl (C=O) groups excluding carboxylic acids is 1. The van der Waals surface area contributed by atoms with Gasteiger partial charge in [0, 0.05) is 42.8 Å². The molecule has 0 radical (unpaired) electrons. The average Bonchev–Trinajstić information content (AvgIpc) is 3.14. The molecule has 6 nitrogen and oxygen atoms in total. The van der Waals surface area contributed by atoms with Crippen molar-refractivity contribution in [2.75, 3.05) is 29.9 Å². The van der Waals surface area contributed by atoms with Crippen LogP contribution in [-0.2, 0) is 14.8 Å². The van der Waals surface area contributed by atoms with Crippen LogP contribution < -0.4 is 14.9 Å². The lowest BCUT2D eigenvalue weighted by molar-refractivity contribution is -0.116. The minimum absolute atomic E-state index is 0.0387. The van der Waals surface area contributed by atoms with Crippen LogP contribution in [0, 0.1) is 5.92 Å². The van der Waals surface area contributed by atoms with Crippen LogP contribution in [0.2, 0.25) is 0 Å². The van der Waals surface area contributed by atoms with Crippen LogP contribution in [0.5, 0.6) is 0 Å². The van der Waals surface area contributed by atoms with Crippen LogP contribution in [0.3, 0.4) is 0 Å². The highest BCUT2D eigenvalue weighted by Gasteiger charge is 2.18. The predicted octanol–water partition coefficient (Wildman–Crippen LogP) is 3.45. The summed E-state index contributed by atoms with van der Waals surface area (Å²) in [4.78, 5) is 14.4. The second-order valence-electron chi connectivity index (χ2n) is 7.34. The largest absolute Gasteiger partial charge is 0.371 e. The van der Waals surface area contributed by atoms with Gasteiger partial charge in [-0.2, -0.15) is 0 Å². The average molecular weight is 414 g/mol. The van der Waals surface area contributed by atoms with Gasteiger partial charge in [0.2, 0.25) is 15.9 Å². The number of anilines is 2. The molecule has 0 saturated carbocycles. The normalized spacial score (nSPS) is 17.0. The Balaban J connectivity index is 1.43. The van der Waals surface area contributed by atoms with E-state index in [2.05, 4.69) is 21.9 Å². The molecule has 1 aliphatic heterocycles. The van der Waals surface area contributed by atoms with Gasteiger partial charge >= 0.3 is 0 Å². The number of amides is 1. The van der Waals surface area contributed by atoms with Gasteiger partial charge in [0.25, 0.3) is 0 Å². The molecule has 0 spiro atoms. The molecule has 1 fully saturated rings. The molecule has 2 aromatic rings. The highest BCUT2D eigenvalue weighted by molar-refractivity contribution is 7.92. The molecule has 7 heteroatoms. The number of sulfonamides is 1. The highest BCUT2D eigenvalue weighted by Crippen LogP contribution is 2.24. The Morgan fingerprint density at radius 2 is 1.86 bits per heavy atom. The van der Waals surface area contributed by atoms with Crippen LogP contribution in [-0.4, -0.2) is 34.0 Å². The first-order chi connectivity index (χ1) is 13.9. The van der Waals surface area contributed by atoms with Crippen molar-refractivity contribution in [3.8, 4) is 0 Å². The quantitative estimate of drug-likeness (QED) is 0.695. The van der Waals surface area contributed by atoms with E-state index in [0.29, 0.717) is 11.6 Å². The zero-order chi connectivity index (χ0) is 20.7. The van der Waals surface area contributed by atoms with Crippen molar-refractivity contribution in [1.82, 2.24) is 4.72 Å². The van der Waals surface area contributed by atoms with E-state index in [1.165, 1.54) is 12.5 Å². The summed E-state index contributed by atoms with van der Waals surface area (Å²) in [6.07, 6.45) is 2.78. The van der Waals surface area contributed by atoms with Gasteiger partial charge in [-0.15, -0.1) is 0 Å². The van der Waals surface area contributed by atoms with Crippen LogP contribution in [0.1, 0.15) is 25.3 Å². The fraction of sp³-hybridized carbons (Fsp3) is 0.318. The van der Waals surface area contributed by atoms with Gasteiger partial charge in [-0.25, -0.2) is 13.1 Å². The highest BCUT2D eigenvalue weighted by atomic mass is 32.2. The van der Waals surface area contributed by atoms with E-state index < -0.39 is 10.0 Å². The van der Waals surface area contributed by atoms with E-state index >= 15 is 0 Å². The van der Waals surface area contributed by atoms with Crippen molar-refractivity contribution in [3.05, 3.63) is 65.6 Å². The number of rotatable bonds is 8. The van der Waals surface area contributed by atoms with E-state index in [1.807, 2.05) is 54.6 Å². The van der Waals surface area contributed by atoms with Crippen molar-refractivity contribution < 1.29 is 13.2 Å². The van der Waals surface area contributed by atoms with Crippen molar-refractivity contribution >= 4 is 33.4 Å². The van der Waals surface area contributed by atoms with Crippen LogP contribution in [0.15, 0.2) is 60.0 Å². The molecule has 1 amide bonds. The summed E-state index contributed by atoms with van der Waals surface area (Å²) in [5, 5.41) is 3.91. The molecular formula is C22H27N3O3S. The molecule has 1 heterocycles. The predicted molar refractivity (Wildman–Crippen MR) is 118 cm³/mol. The summed E-state index contributed by atoms with van der Waals surface area (Å²) < 4.78 is 26.4. The molecule has 3 rings (SSSR count). The van der Waals surface area contributed by atoms with Gasteiger partial charge in [0.1, 0.15) is 0 Å². The summed E-state index contributed by atoms with van der Waals surface area (Å²) >= 11 is 0. The Bertz CT molecular complexity index is 941. The number of carbonyl (C=O) groups is 1. The van der Waals surface area contributed by atoms with Gasteiger partial charge in [-0.3, -0.25) is 4.79 Å². The van der Waals surface area contributed by atoms with Gasteiger partial charge in [0.15, 0.2) is 0 Å². The Hall–Kier alpha value is -2.64. The first-order valence-corrected chi connectivity index (χ1v) is 11.3. The molecule has 1 aliphatic rings. The molecule has 0 aliphatic carbocycles. The molecule has 1 saturated heterocycles. The molecular weight excluding hydrogens is 386 g/mol. The number of benzene rings is 2. The Kier molecular flexibility index (Phi) is 7.06. The molecule has 2 N–H and O–H groups in total. The zero-order valence-corrected chi connectivity index (χ0v) is 17.4. The number of hydrogen-bond donors (Lipinski definition) is 2. The Morgan fingerprint density at radius 1 is 1.14 bits per heavy atom. The minimum atomic E-state index is -3.58. The lowest BCUT2D eigenvalue weighted by Crippen LogP contribution is -2.26. The lowest BCUT2D eigenvalue weighted by Gasteiger charge is -2.18. The Morgan fingerprint density at radius 3 is 2.52 bits per heavy atom. The van der Waals surface area contributed by atoms with E-state index in [9.17, 15) is 13.2 Å². The lowest BCUT2D eigenvalue weighted by atomic mass is 10.2. The zero-order valence-electron chi connectivity index (χ0n) is 16.5. The van der Waals surface area contributed by atoms with Crippen molar-refractivity contribution in [2.45, 2.75) is 19.8 Å². The van der Waals surface area contributed by atoms with Crippen molar-refractivity contribution in [1.29, 1.82) is 0 Å². The SMILES string of the molecule is CC1CCN(c2ccc(NC(=O)CCNS(=O)(=O)/C=C/c3ccccc3)cc2)C1. The summed E-state index contributed by atoms with van der Waals surface area (Å²) in [6.45, 7) is 4.41. The van der Waals surface area contributed by atoms with E-state index in [-0.39, 0.29) is 18.9 Å². The summed E-state index contributed by atoms with van der Waals surface area (Å²) in [6, 6.07) is 16.9. The van der Waals surface area contributed by atoms with Crippen LogP contribution in [0.4, 0.5) is 11.4 Å². The molecule has 0 aromatic heterocycles. The summed E-state index contributed by atoms with van der Waals surface area (Å²) in [5.41, 5.74) is 2.66. The van der Waals surface area contributed by atoms with Crippen LogP contribution in [0.25, 0.3) is 6.08 Å². The molecule has 29 heavy (non-hydrogen) atoms. The third-order valence-electron chi connectivity index (χ3n) is 4.83. The van der Waals surface area contributed by atoms with Gasteiger partial charge in [-0.1, -0.05) is 37.3 Å². The van der Waals surface area contributed by atoms with Crippen molar-refractivity contribution in [2.24, 2.45) is 5.92 Å². The maximum absolute atomic E-state index is 12.1. The molecule has 1 unspecified atom stereocenters. The fourth-order valence-corrected chi connectivity index (χ4v) is 4.05. The Labute approximate surface area is 172 Å². The van der Waals surface area contributed by atoms with Gasteiger partial charge in [0.05, 0.1) is 0 Å². The maximum Gasteiger partial charge on any atom is 0.233 e. The summed E-state index contributed by atoms with van der Waals surface area (Å²) in [7, 11) is -3.58. The van der Waals surface area contributed by atoms with Crippen molar-refractivity contribution in [3.63, 3.8) is 0 Å². The smallest absolute Gasteiger partial charge is 0.233 e. The molecule has 0 bridgehead atoms. The van der Waals surface area contributed by atoms with Crippen LogP contribution >= 0.6 is 0 Å². The van der Waals surface area contributed by atoms with Gasteiger partial charge < -0.3 is 10.2 Å². The molecule has 154 valence electrons. The third kappa shape index (κ3) is 6.73. The minimum Gasteiger partial charge on any atom is -0.371 e. The topological polar surface area (TPSA) is 78.5 Å². The maximum atomic E-state index is 12.1. The fourth-order valence-electron chi connectivity index (χ4n) is 3.24. The second-order valence-corrected chi connectivity index (χ2v) is 8.99. The van der Waals surface area contributed by atoms with E-state index in [1.54, 1.807) is 0 Å². The van der Waals surface area contributed by atoms with E-state index in [0.717, 1.165) is 29.7 Å².